The van der Waals surface area contributed by atoms with E-state index < -0.39 is 17.0 Å². The standard InChI is InChI=1S/C20H21F2NO2/c21-17-7-6-16(12-18(17)22)20(10-11-24)9-8-19(25)23(14-20)13-15-4-2-1-3-5-15/h1-7,12,24H,8-11,13-14H2. The first kappa shape index (κ1) is 17.5. The van der Waals surface area contributed by atoms with Gasteiger partial charge in [0.25, 0.3) is 0 Å². The fraction of sp³-hybridized carbons (Fsp3) is 0.350. The molecule has 2 aromatic carbocycles. The molecule has 1 unspecified atom stereocenters. The van der Waals surface area contributed by atoms with Crippen molar-refractivity contribution in [3.63, 3.8) is 0 Å². The van der Waals surface area contributed by atoms with E-state index in [2.05, 4.69) is 0 Å². The molecule has 2 aromatic rings. The third-order valence-electron chi connectivity index (χ3n) is 5.00. The highest BCUT2D eigenvalue weighted by atomic mass is 19.2. The zero-order valence-corrected chi connectivity index (χ0v) is 13.9. The van der Waals surface area contributed by atoms with Gasteiger partial charge >= 0.3 is 0 Å². The summed E-state index contributed by atoms with van der Waals surface area (Å²) in [5, 5.41) is 9.54. The first-order valence-electron chi connectivity index (χ1n) is 8.42. The molecular weight excluding hydrogens is 324 g/mol. The summed E-state index contributed by atoms with van der Waals surface area (Å²) in [6.07, 6.45) is 1.24. The molecule has 1 fully saturated rings. The average Bonchev–Trinajstić information content (AvgIpc) is 2.61. The molecule has 1 amide bonds. The lowest BCUT2D eigenvalue weighted by Gasteiger charge is -2.43. The van der Waals surface area contributed by atoms with Crippen molar-refractivity contribution < 1.29 is 18.7 Å². The molecule has 1 aliphatic heterocycles. The number of carbonyl (C=O) groups excluding carboxylic acids is 1. The van der Waals surface area contributed by atoms with Crippen LogP contribution in [0.15, 0.2) is 48.5 Å². The summed E-state index contributed by atoms with van der Waals surface area (Å²) >= 11 is 0. The highest BCUT2D eigenvalue weighted by molar-refractivity contribution is 5.77. The van der Waals surface area contributed by atoms with Crippen LogP contribution in [0.4, 0.5) is 8.78 Å². The van der Waals surface area contributed by atoms with Gasteiger partial charge in [0.05, 0.1) is 0 Å². The van der Waals surface area contributed by atoms with Crippen molar-refractivity contribution in [3.05, 3.63) is 71.3 Å². The Morgan fingerprint density at radius 3 is 2.52 bits per heavy atom. The normalized spacial score (nSPS) is 20.8. The number of nitrogens with zero attached hydrogens (tertiary/aromatic N) is 1. The van der Waals surface area contributed by atoms with Gasteiger partial charge in [-0.3, -0.25) is 4.79 Å². The molecule has 1 atom stereocenters. The number of carbonyl (C=O) groups is 1. The van der Waals surface area contributed by atoms with Crippen molar-refractivity contribution in [2.75, 3.05) is 13.2 Å². The molecular formula is C20H21F2NO2. The first-order valence-corrected chi connectivity index (χ1v) is 8.42. The summed E-state index contributed by atoms with van der Waals surface area (Å²) in [5.74, 6) is -1.75. The molecule has 0 bridgehead atoms. The quantitative estimate of drug-likeness (QED) is 0.902. The Balaban J connectivity index is 1.90. The zero-order valence-electron chi connectivity index (χ0n) is 13.9. The highest BCUT2D eigenvalue weighted by Crippen LogP contribution is 2.38. The minimum atomic E-state index is -0.902. The maximum Gasteiger partial charge on any atom is 0.222 e. The van der Waals surface area contributed by atoms with Gasteiger partial charge in [-0.05, 0) is 36.1 Å². The fourth-order valence-electron chi connectivity index (χ4n) is 3.61. The number of hydrogen-bond acceptors (Lipinski definition) is 2. The number of amides is 1. The van der Waals surface area contributed by atoms with E-state index in [1.807, 2.05) is 30.3 Å². The van der Waals surface area contributed by atoms with Gasteiger partial charge in [0.2, 0.25) is 5.91 Å². The molecule has 0 aliphatic carbocycles. The van der Waals surface area contributed by atoms with Crippen LogP contribution in [0, 0.1) is 11.6 Å². The van der Waals surface area contributed by atoms with Crippen LogP contribution in [0.2, 0.25) is 0 Å². The van der Waals surface area contributed by atoms with Crippen LogP contribution in [-0.2, 0) is 16.8 Å². The van der Waals surface area contributed by atoms with E-state index in [9.17, 15) is 18.7 Å². The van der Waals surface area contributed by atoms with Crippen LogP contribution < -0.4 is 0 Å². The molecule has 1 aliphatic rings. The van der Waals surface area contributed by atoms with Crippen LogP contribution in [0.1, 0.15) is 30.4 Å². The number of halogens is 2. The molecule has 3 rings (SSSR count). The molecule has 1 saturated heterocycles. The van der Waals surface area contributed by atoms with Crippen molar-refractivity contribution in [2.45, 2.75) is 31.2 Å². The van der Waals surface area contributed by atoms with Crippen molar-refractivity contribution in [1.82, 2.24) is 4.90 Å². The van der Waals surface area contributed by atoms with Gasteiger partial charge in [-0.15, -0.1) is 0 Å². The lowest BCUT2D eigenvalue weighted by molar-refractivity contribution is -0.136. The second-order valence-corrected chi connectivity index (χ2v) is 6.62. The van der Waals surface area contributed by atoms with E-state index in [4.69, 9.17) is 0 Å². The van der Waals surface area contributed by atoms with Crippen LogP contribution in [0.5, 0.6) is 0 Å². The van der Waals surface area contributed by atoms with Gasteiger partial charge in [-0.25, -0.2) is 8.78 Å². The van der Waals surface area contributed by atoms with Gasteiger partial charge in [0.15, 0.2) is 11.6 Å². The Bertz CT molecular complexity index is 751. The number of rotatable bonds is 5. The summed E-state index contributed by atoms with van der Waals surface area (Å²) in [6.45, 7) is 0.773. The van der Waals surface area contributed by atoms with Crippen molar-refractivity contribution in [3.8, 4) is 0 Å². The third-order valence-corrected chi connectivity index (χ3v) is 5.00. The summed E-state index contributed by atoms with van der Waals surface area (Å²) in [6, 6.07) is 13.5. The molecule has 0 radical (unpaired) electrons. The Kier molecular flexibility index (Phi) is 5.13. The molecule has 5 heteroatoms. The number of aliphatic hydroxyl groups excluding tert-OH is 1. The second-order valence-electron chi connectivity index (χ2n) is 6.62. The maximum absolute atomic E-state index is 13.7. The van der Waals surface area contributed by atoms with Gasteiger partial charge in [0, 0.05) is 31.5 Å². The Labute approximate surface area is 145 Å². The zero-order chi connectivity index (χ0) is 17.9. The van der Waals surface area contributed by atoms with Crippen molar-refractivity contribution >= 4 is 5.91 Å². The average molecular weight is 345 g/mol. The molecule has 1 N–H and O–H groups in total. The minimum Gasteiger partial charge on any atom is -0.396 e. The Hall–Kier alpha value is -2.27. The monoisotopic (exact) mass is 345 g/mol. The molecule has 3 nitrogen and oxygen atoms in total. The number of aliphatic hydroxyl groups is 1. The van der Waals surface area contributed by atoms with Gasteiger partial charge in [-0.1, -0.05) is 36.4 Å². The van der Waals surface area contributed by atoms with Crippen LogP contribution >= 0.6 is 0 Å². The lowest BCUT2D eigenvalue weighted by Crippen LogP contribution is -2.49. The maximum atomic E-state index is 13.7. The summed E-state index contributed by atoms with van der Waals surface area (Å²) in [4.78, 5) is 14.1. The molecule has 0 spiro atoms. The minimum absolute atomic E-state index is 0.0417. The van der Waals surface area contributed by atoms with E-state index in [-0.39, 0.29) is 12.5 Å². The number of piperidine rings is 1. The Morgan fingerprint density at radius 1 is 1.08 bits per heavy atom. The SMILES string of the molecule is O=C1CCC(CCO)(c2ccc(F)c(F)c2)CN1Cc1ccccc1. The summed E-state index contributed by atoms with van der Waals surface area (Å²) in [5.41, 5.74) is 1.08. The van der Waals surface area contributed by atoms with E-state index in [0.717, 1.165) is 11.6 Å². The third kappa shape index (κ3) is 3.71. The molecule has 0 aromatic heterocycles. The predicted octanol–water partition coefficient (Wildman–Crippen LogP) is 3.41. The molecule has 0 saturated carbocycles. The second kappa shape index (κ2) is 7.31. The van der Waals surface area contributed by atoms with E-state index in [1.165, 1.54) is 6.07 Å². The van der Waals surface area contributed by atoms with E-state index in [1.54, 1.807) is 11.0 Å². The smallest absolute Gasteiger partial charge is 0.222 e. The fourth-order valence-corrected chi connectivity index (χ4v) is 3.61. The Morgan fingerprint density at radius 2 is 1.84 bits per heavy atom. The summed E-state index contributed by atoms with van der Waals surface area (Å²) in [7, 11) is 0. The van der Waals surface area contributed by atoms with E-state index in [0.29, 0.717) is 37.9 Å². The lowest BCUT2D eigenvalue weighted by atomic mass is 9.71. The molecule has 25 heavy (non-hydrogen) atoms. The first-order chi connectivity index (χ1) is 12.0. The van der Waals surface area contributed by atoms with Crippen molar-refractivity contribution in [2.24, 2.45) is 0 Å². The van der Waals surface area contributed by atoms with Crippen molar-refractivity contribution in [1.29, 1.82) is 0 Å². The molecule has 1 heterocycles. The van der Waals surface area contributed by atoms with Gasteiger partial charge in [0.1, 0.15) is 0 Å². The van der Waals surface area contributed by atoms with E-state index >= 15 is 0 Å². The largest absolute Gasteiger partial charge is 0.396 e. The van der Waals surface area contributed by atoms with Gasteiger partial charge in [-0.2, -0.15) is 0 Å². The summed E-state index contributed by atoms with van der Waals surface area (Å²) < 4.78 is 27.1. The van der Waals surface area contributed by atoms with Crippen LogP contribution in [0.25, 0.3) is 0 Å². The van der Waals surface area contributed by atoms with Crippen LogP contribution in [0.3, 0.4) is 0 Å². The van der Waals surface area contributed by atoms with Gasteiger partial charge < -0.3 is 10.0 Å². The molecule has 132 valence electrons. The number of benzene rings is 2. The number of hydrogen-bond donors (Lipinski definition) is 1. The topological polar surface area (TPSA) is 40.5 Å². The highest BCUT2D eigenvalue weighted by Gasteiger charge is 2.40. The predicted molar refractivity (Wildman–Crippen MR) is 90.8 cm³/mol. The van der Waals surface area contributed by atoms with Crippen LogP contribution in [-0.4, -0.2) is 29.1 Å². The number of likely N-dealkylation sites (tertiary alicyclic amines) is 1.